The molecule has 0 atom stereocenters. The summed E-state index contributed by atoms with van der Waals surface area (Å²) >= 11 is 18.0. The average molecular weight is 345 g/mol. The molecule has 0 radical (unpaired) electrons. The van der Waals surface area contributed by atoms with E-state index in [1.165, 1.54) is 0 Å². The van der Waals surface area contributed by atoms with Gasteiger partial charge in [-0.3, -0.25) is 0 Å². The van der Waals surface area contributed by atoms with E-state index < -0.39 is 0 Å². The topological polar surface area (TPSA) is 21.3 Å². The molecule has 0 aliphatic carbocycles. The number of benzene rings is 2. The second-order valence-electron chi connectivity index (χ2n) is 4.58. The first-order valence-corrected chi connectivity index (χ1v) is 7.83. The first kappa shape index (κ1) is 16.3. The van der Waals surface area contributed by atoms with Crippen LogP contribution in [0.4, 0.5) is 5.69 Å². The molecule has 0 saturated heterocycles. The van der Waals surface area contributed by atoms with Gasteiger partial charge in [-0.25, -0.2) is 0 Å². The maximum Gasteiger partial charge on any atom is 0.124 e. The highest BCUT2D eigenvalue weighted by molar-refractivity contribution is 6.42. The van der Waals surface area contributed by atoms with Gasteiger partial charge in [-0.2, -0.15) is 0 Å². The van der Waals surface area contributed by atoms with Gasteiger partial charge in [-0.15, -0.1) is 0 Å². The van der Waals surface area contributed by atoms with Crippen LogP contribution in [0.15, 0.2) is 36.4 Å². The molecule has 0 spiro atoms. The SMILES string of the molecule is CCCOc1ccc(Cl)cc1CNc1ccc(Cl)c(Cl)c1. The molecule has 0 bridgehead atoms. The first-order chi connectivity index (χ1) is 10.1. The molecule has 0 fully saturated rings. The van der Waals surface area contributed by atoms with Gasteiger partial charge in [0.2, 0.25) is 0 Å². The zero-order valence-electron chi connectivity index (χ0n) is 11.6. The summed E-state index contributed by atoms with van der Waals surface area (Å²) in [6, 6.07) is 11.1. The van der Waals surface area contributed by atoms with Gasteiger partial charge in [0.1, 0.15) is 5.75 Å². The Morgan fingerprint density at radius 2 is 1.81 bits per heavy atom. The summed E-state index contributed by atoms with van der Waals surface area (Å²) in [5.74, 6) is 0.841. The Bertz CT molecular complexity index is 616. The monoisotopic (exact) mass is 343 g/mol. The third-order valence-corrected chi connectivity index (χ3v) is 3.86. The molecular formula is C16H16Cl3NO. The number of rotatable bonds is 6. The van der Waals surface area contributed by atoms with Crippen LogP contribution in [0.5, 0.6) is 5.75 Å². The lowest BCUT2D eigenvalue weighted by molar-refractivity contribution is 0.314. The van der Waals surface area contributed by atoms with Crippen molar-refractivity contribution >= 4 is 40.5 Å². The number of hydrogen-bond acceptors (Lipinski definition) is 2. The van der Waals surface area contributed by atoms with Crippen LogP contribution >= 0.6 is 34.8 Å². The Morgan fingerprint density at radius 3 is 2.52 bits per heavy atom. The summed E-state index contributed by atoms with van der Waals surface area (Å²) < 4.78 is 5.73. The van der Waals surface area contributed by atoms with Gasteiger partial charge in [-0.1, -0.05) is 41.7 Å². The van der Waals surface area contributed by atoms with Crippen molar-refractivity contribution in [3.8, 4) is 5.75 Å². The smallest absolute Gasteiger partial charge is 0.124 e. The van der Waals surface area contributed by atoms with E-state index in [2.05, 4.69) is 12.2 Å². The Balaban J connectivity index is 2.10. The summed E-state index contributed by atoms with van der Waals surface area (Å²) in [5.41, 5.74) is 1.90. The van der Waals surface area contributed by atoms with Gasteiger partial charge < -0.3 is 10.1 Å². The van der Waals surface area contributed by atoms with Crippen molar-refractivity contribution in [2.75, 3.05) is 11.9 Å². The highest BCUT2D eigenvalue weighted by Gasteiger charge is 2.06. The van der Waals surface area contributed by atoms with Crippen LogP contribution in [0.25, 0.3) is 0 Å². The largest absolute Gasteiger partial charge is 0.493 e. The van der Waals surface area contributed by atoms with Crippen LogP contribution in [0.2, 0.25) is 15.1 Å². The molecule has 2 nitrogen and oxygen atoms in total. The molecule has 5 heteroatoms. The lowest BCUT2D eigenvalue weighted by Gasteiger charge is -2.13. The lowest BCUT2D eigenvalue weighted by Crippen LogP contribution is -2.04. The van der Waals surface area contributed by atoms with Gasteiger partial charge in [0.15, 0.2) is 0 Å². The maximum atomic E-state index is 6.06. The van der Waals surface area contributed by atoms with E-state index in [4.69, 9.17) is 39.5 Å². The molecule has 0 saturated carbocycles. The zero-order chi connectivity index (χ0) is 15.2. The average Bonchev–Trinajstić information content (AvgIpc) is 2.47. The molecule has 1 N–H and O–H groups in total. The molecule has 0 unspecified atom stereocenters. The van der Waals surface area contributed by atoms with Crippen molar-refractivity contribution in [3.05, 3.63) is 57.0 Å². The van der Waals surface area contributed by atoms with Crippen molar-refractivity contribution in [2.45, 2.75) is 19.9 Å². The summed E-state index contributed by atoms with van der Waals surface area (Å²) in [6.07, 6.45) is 0.961. The van der Waals surface area contributed by atoms with Crippen LogP contribution in [0, 0.1) is 0 Å². The minimum absolute atomic E-state index is 0.523. The van der Waals surface area contributed by atoms with E-state index >= 15 is 0 Å². The molecule has 0 heterocycles. The van der Waals surface area contributed by atoms with E-state index in [-0.39, 0.29) is 0 Å². The molecule has 0 amide bonds. The summed E-state index contributed by atoms with van der Waals surface area (Å²) in [6.45, 7) is 3.35. The Hall–Kier alpha value is -1.09. The molecule has 112 valence electrons. The van der Waals surface area contributed by atoms with Gasteiger partial charge >= 0.3 is 0 Å². The lowest BCUT2D eigenvalue weighted by atomic mass is 10.2. The summed E-state index contributed by atoms with van der Waals surface area (Å²) in [5, 5.41) is 5.04. The second-order valence-corrected chi connectivity index (χ2v) is 5.83. The molecule has 2 aromatic carbocycles. The van der Waals surface area contributed by atoms with Crippen LogP contribution in [0.3, 0.4) is 0 Å². The van der Waals surface area contributed by atoms with Gasteiger partial charge in [0, 0.05) is 22.8 Å². The van der Waals surface area contributed by atoms with E-state index in [9.17, 15) is 0 Å². The summed E-state index contributed by atoms with van der Waals surface area (Å²) in [4.78, 5) is 0. The summed E-state index contributed by atoms with van der Waals surface area (Å²) in [7, 11) is 0. The van der Waals surface area contributed by atoms with E-state index in [0.29, 0.717) is 28.2 Å². The normalized spacial score (nSPS) is 10.5. The molecule has 21 heavy (non-hydrogen) atoms. The minimum Gasteiger partial charge on any atom is -0.493 e. The van der Waals surface area contributed by atoms with Crippen molar-refractivity contribution in [1.82, 2.24) is 0 Å². The Kier molecular flexibility index (Phi) is 6.04. The number of hydrogen-bond donors (Lipinski definition) is 1. The molecule has 2 aromatic rings. The standard InChI is InChI=1S/C16H16Cl3NO/c1-2-7-21-16-6-3-12(17)8-11(16)10-20-13-4-5-14(18)15(19)9-13/h3-6,8-9,20H,2,7,10H2,1H3. The van der Waals surface area contributed by atoms with Crippen LogP contribution < -0.4 is 10.1 Å². The predicted octanol–water partition coefficient (Wildman–Crippen LogP) is 6.05. The molecule has 2 rings (SSSR count). The Morgan fingerprint density at radius 1 is 1.00 bits per heavy atom. The number of halogens is 3. The number of ether oxygens (including phenoxy) is 1. The van der Waals surface area contributed by atoms with Gasteiger partial charge in [-0.05, 0) is 42.8 Å². The van der Waals surface area contributed by atoms with Crippen molar-refractivity contribution < 1.29 is 4.74 Å². The number of nitrogens with one attached hydrogen (secondary N) is 1. The van der Waals surface area contributed by atoms with Crippen molar-refractivity contribution in [3.63, 3.8) is 0 Å². The highest BCUT2D eigenvalue weighted by atomic mass is 35.5. The highest BCUT2D eigenvalue weighted by Crippen LogP contribution is 2.27. The molecule has 0 aromatic heterocycles. The van der Waals surface area contributed by atoms with Crippen LogP contribution in [0.1, 0.15) is 18.9 Å². The fraction of sp³-hybridized carbons (Fsp3) is 0.250. The van der Waals surface area contributed by atoms with Crippen molar-refractivity contribution in [1.29, 1.82) is 0 Å². The quantitative estimate of drug-likeness (QED) is 0.689. The zero-order valence-corrected chi connectivity index (χ0v) is 13.9. The second kappa shape index (κ2) is 7.79. The third-order valence-electron chi connectivity index (χ3n) is 2.89. The van der Waals surface area contributed by atoms with E-state index in [1.807, 2.05) is 24.3 Å². The van der Waals surface area contributed by atoms with Gasteiger partial charge in [0.05, 0.1) is 16.7 Å². The van der Waals surface area contributed by atoms with Crippen LogP contribution in [-0.4, -0.2) is 6.61 Å². The maximum absolute atomic E-state index is 6.06. The Labute approximate surface area is 140 Å². The molecular weight excluding hydrogens is 329 g/mol. The predicted molar refractivity (Wildman–Crippen MR) is 91.0 cm³/mol. The van der Waals surface area contributed by atoms with Crippen LogP contribution in [-0.2, 0) is 6.54 Å². The number of anilines is 1. The van der Waals surface area contributed by atoms with Crippen molar-refractivity contribution in [2.24, 2.45) is 0 Å². The van der Waals surface area contributed by atoms with E-state index in [0.717, 1.165) is 23.4 Å². The first-order valence-electron chi connectivity index (χ1n) is 6.70. The fourth-order valence-corrected chi connectivity index (χ4v) is 2.34. The van der Waals surface area contributed by atoms with E-state index in [1.54, 1.807) is 12.1 Å². The van der Waals surface area contributed by atoms with Gasteiger partial charge in [0.25, 0.3) is 0 Å². The molecule has 0 aliphatic rings. The third kappa shape index (κ3) is 4.70. The minimum atomic E-state index is 0.523. The fourth-order valence-electron chi connectivity index (χ4n) is 1.84. The molecule has 0 aliphatic heterocycles.